The second kappa shape index (κ2) is 8.19. The minimum absolute atomic E-state index is 0.0555. The molecule has 2 aromatic carbocycles. The molecule has 0 atom stereocenters. The van der Waals surface area contributed by atoms with Crippen molar-refractivity contribution in [3.63, 3.8) is 0 Å². The van der Waals surface area contributed by atoms with Gasteiger partial charge in [-0.15, -0.1) is 5.10 Å². The predicted molar refractivity (Wildman–Crippen MR) is 105 cm³/mol. The minimum Gasteiger partial charge on any atom is -0.341 e. The molecule has 1 heterocycles. The first-order chi connectivity index (χ1) is 12.5. The zero-order valence-corrected chi connectivity index (χ0v) is 16.0. The molecule has 0 unspecified atom stereocenters. The Bertz CT molecular complexity index is 889. The highest BCUT2D eigenvalue weighted by atomic mass is 32.2. The lowest BCUT2D eigenvalue weighted by atomic mass is 10.1. The highest BCUT2D eigenvalue weighted by Crippen LogP contribution is 2.20. The van der Waals surface area contributed by atoms with Gasteiger partial charge in [-0.1, -0.05) is 65.9 Å². The molecule has 1 aromatic heterocycles. The third kappa shape index (κ3) is 4.52. The quantitative estimate of drug-likeness (QED) is 0.673. The van der Waals surface area contributed by atoms with Crippen LogP contribution < -0.4 is 0 Å². The molecule has 0 aliphatic carbocycles. The molecule has 134 valence electrons. The Balaban J connectivity index is 1.56. The molecule has 0 saturated carbocycles. The van der Waals surface area contributed by atoms with Crippen molar-refractivity contribution < 1.29 is 4.79 Å². The lowest BCUT2D eigenvalue weighted by Gasteiger charge is -2.18. The summed E-state index contributed by atoms with van der Waals surface area (Å²) < 4.78 is 0. The number of nitrogens with zero attached hydrogens (tertiary/aromatic N) is 3. The molecule has 5 nitrogen and oxygen atoms in total. The zero-order chi connectivity index (χ0) is 18.5. The van der Waals surface area contributed by atoms with Crippen LogP contribution in [0.5, 0.6) is 0 Å². The number of hydrogen-bond acceptors (Lipinski definition) is 4. The van der Waals surface area contributed by atoms with Crippen molar-refractivity contribution in [1.82, 2.24) is 20.1 Å². The van der Waals surface area contributed by atoms with Gasteiger partial charge in [0.25, 0.3) is 0 Å². The minimum atomic E-state index is 0.0555. The molecule has 6 heteroatoms. The number of aromatic nitrogens is 3. The predicted octanol–water partition coefficient (Wildman–Crippen LogP) is 3.84. The average molecular weight is 366 g/mol. The van der Waals surface area contributed by atoms with Gasteiger partial charge in [0.2, 0.25) is 11.1 Å². The van der Waals surface area contributed by atoms with Crippen LogP contribution in [0.3, 0.4) is 0 Å². The van der Waals surface area contributed by atoms with E-state index in [1.54, 1.807) is 4.90 Å². The average Bonchev–Trinajstić information content (AvgIpc) is 3.11. The summed E-state index contributed by atoms with van der Waals surface area (Å²) in [5.41, 5.74) is 4.53. The van der Waals surface area contributed by atoms with Gasteiger partial charge in [-0.05, 0) is 25.0 Å². The van der Waals surface area contributed by atoms with E-state index in [-0.39, 0.29) is 5.91 Å². The number of carbonyl (C=O) groups excluding carboxylic acids is 1. The maximum Gasteiger partial charge on any atom is 0.233 e. The maximum absolute atomic E-state index is 12.4. The van der Waals surface area contributed by atoms with Gasteiger partial charge in [-0.3, -0.25) is 9.89 Å². The molecule has 1 N–H and O–H groups in total. The zero-order valence-electron chi connectivity index (χ0n) is 15.2. The van der Waals surface area contributed by atoms with E-state index >= 15 is 0 Å². The fourth-order valence-electron chi connectivity index (χ4n) is 2.52. The summed E-state index contributed by atoms with van der Waals surface area (Å²) in [6, 6.07) is 16.2. The van der Waals surface area contributed by atoms with Crippen LogP contribution in [0.2, 0.25) is 0 Å². The number of benzene rings is 2. The Morgan fingerprint density at radius 3 is 2.58 bits per heavy atom. The summed E-state index contributed by atoms with van der Waals surface area (Å²) >= 11 is 1.35. The van der Waals surface area contributed by atoms with E-state index in [1.807, 2.05) is 50.4 Å². The van der Waals surface area contributed by atoms with E-state index in [1.165, 1.54) is 22.9 Å². The van der Waals surface area contributed by atoms with Crippen molar-refractivity contribution in [3.05, 3.63) is 65.2 Å². The molecule has 3 rings (SSSR count). The van der Waals surface area contributed by atoms with Crippen LogP contribution >= 0.6 is 11.8 Å². The molecule has 0 saturated heterocycles. The molecule has 0 fully saturated rings. The summed E-state index contributed by atoms with van der Waals surface area (Å²) in [5, 5.41) is 7.72. The molecule has 0 bridgehead atoms. The summed E-state index contributed by atoms with van der Waals surface area (Å²) in [5.74, 6) is 1.08. The van der Waals surface area contributed by atoms with Crippen molar-refractivity contribution in [3.8, 4) is 11.4 Å². The monoisotopic (exact) mass is 366 g/mol. The standard InChI is InChI=1S/C20H22N4OS/c1-14-8-10-16(11-9-14)19-21-20(23-22-19)26-13-18(25)24(3)12-17-7-5-4-6-15(17)2/h4-11H,12-13H2,1-3H3,(H,21,22,23). The van der Waals surface area contributed by atoms with Gasteiger partial charge in [0.15, 0.2) is 5.82 Å². The smallest absolute Gasteiger partial charge is 0.233 e. The summed E-state index contributed by atoms with van der Waals surface area (Å²) in [4.78, 5) is 18.6. The molecule has 0 aliphatic heterocycles. The number of aromatic amines is 1. The van der Waals surface area contributed by atoms with E-state index in [0.717, 1.165) is 11.1 Å². The van der Waals surface area contributed by atoms with Gasteiger partial charge in [0.1, 0.15) is 0 Å². The van der Waals surface area contributed by atoms with Crippen molar-refractivity contribution in [2.45, 2.75) is 25.5 Å². The summed E-state index contributed by atoms with van der Waals surface area (Å²) in [6.45, 7) is 4.71. The van der Waals surface area contributed by atoms with Crippen molar-refractivity contribution >= 4 is 17.7 Å². The maximum atomic E-state index is 12.4. The molecule has 0 spiro atoms. The number of amides is 1. The van der Waals surface area contributed by atoms with E-state index in [2.05, 4.69) is 34.2 Å². The van der Waals surface area contributed by atoms with Crippen LogP contribution in [0.25, 0.3) is 11.4 Å². The van der Waals surface area contributed by atoms with Crippen molar-refractivity contribution in [2.75, 3.05) is 12.8 Å². The van der Waals surface area contributed by atoms with Crippen LogP contribution in [0, 0.1) is 13.8 Å². The first-order valence-corrected chi connectivity index (χ1v) is 9.42. The first-order valence-electron chi connectivity index (χ1n) is 8.43. The molecular formula is C20H22N4OS. The second-order valence-electron chi connectivity index (χ2n) is 6.30. The van der Waals surface area contributed by atoms with Gasteiger partial charge >= 0.3 is 0 Å². The Morgan fingerprint density at radius 1 is 1.12 bits per heavy atom. The topological polar surface area (TPSA) is 61.9 Å². The highest BCUT2D eigenvalue weighted by molar-refractivity contribution is 7.99. The fraction of sp³-hybridized carbons (Fsp3) is 0.250. The lowest BCUT2D eigenvalue weighted by Crippen LogP contribution is -2.28. The van der Waals surface area contributed by atoms with Crippen LogP contribution in [0.1, 0.15) is 16.7 Å². The second-order valence-corrected chi connectivity index (χ2v) is 7.24. The van der Waals surface area contributed by atoms with Gasteiger partial charge in [-0.2, -0.15) is 0 Å². The van der Waals surface area contributed by atoms with Crippen LogP contribution in [-0.4, -0.2) is 38.8 Å². The van der Waals surface area contributed by atoms with Crippen molar-refractivity contribution in [2.24, 2.45) is 0 Å². The van der Waals surface area contributed by atoms with Crippen LogP contribution in [-0.2, 0) is 11.3 Å². The van der Waals surface area contributed by atoms with Crippen LogP contribution in [0.4, 0.5) is 0 Å². The van der Waals surface area contributed by atoms with Gasteiger partial charge in [0, 0.05) is 19.2 Å². The number of H-pyrrole nitrogens is 1. The van der Waals surface area contributed by atoms with Gasteiger partial charge in [-0.25, -0.2) is 4.98 Å². The first kappa shape index (κ1) is 18.2. The van der Waals surface area contributed by atoms with E-state index in [4.69, 9.17) is 0 Å². The Hall–Kier alpha value is -2.60. The van der Waals surface area contributed by atoms with Crippen molar-refractivity contribution in [1.29, 1.82) is 0 Å². The van der Waals surface area contributed by atoms with Crippen LogP contribution in [0.15, 0.2) is 53.7 Å². The normalized spacial score (nSPS) is 10.7. The molecule has 0 radical (unpaired) electrons. The third-order valence-electron chi connectivity index (χ3n) is 4.21. The number of aryl methyl sites for hydroxylation is 2. The molecule has 3 aromatic rings. The lowest BCUT2D eigenvalue weighted by molar-refractivity contribution is -0.127. The van der Waals surface area contributed by atoms with E-state index < -0.39 is 0 Å². The van der Waals surface area contributed by atoms with Gasteiger partial charge in [0.05, 0.1) is 5.75 Å². The Morgan fingerprint density at radius 2 is 1.85 bits per heavy atom. The van der Waals surface area contributed by atoms with E-state index in [9.17, 15) is 4.79 Å². The highest BCUT2D eigenvalue weighted by Gasteiger charge is 2.13. The molecule has 1 amide bonds. The SMILES string of the molecule is Cc1ccc(-c2nc(SCC(=O)N(C)Cc3ccccc3C)n[nH]2)cc1. The number of nitrogens with one attached hydrogen (secondary N) is 1. The number of rotatable bonds is 6. The number of thioether (sulfide) groups is 1. The fourth-order valence-corrected chi connectivity index (χ4v) is 3.26. The number of hydrogen-bond donors (Lipinski definition) is 1. The third-order valence-corrected chi connectivity index (χ3v) is 5.04. The Labute approximate surface area is 157 Å². The van der Waals surface area contributed by atoms with E-state index in [0.29, 0.717) is 23.3 Å². The van der Waals surface area contributed by atoms with Gasteiger partial charge < -0.3 is 4.90 Å². The number of carbonyl (C=O) groups is 1. The largest absolute Gasteiger partial charge is 0.341 e. The summed E-state index contributed by atoms with van der Waals surface area (Å²) in [7, 11) is 1.82. The molecule has 0 aliphatic rings. The summed E-state index contributed by atoms with van der Waals surface area (Å²) in [6.07, 6.45) is 0. The Kier molecular flexibility index (Phi) is 5.73. The molecule has 26 heavy (non-hydrogen) atoms. The molecular weight excluding hydrogens is 344 g/mol.